The number of hydrogen-bond acceptors (Lipinski definition) is 4. The fourth-order valence-corrected chi connectivity index (χ4v) is 3.14. The number of rotatable bonds is 6. The number of ether oxygens (including phenoxy) is 1. The summed E-state index contributed by atoms with van der Waals surface area (Å²) in [6, 6.07) is 9.56. The molecule has 1 heterocycles. The van der Waals surface area contributed by atoms with E-state index < -0.39 is 6.10 Å². The molecule has 1 atom stereocenters. The third-order valence-corrected chi connectivity index (χ3v) is 4.46. The molecule has 1 aromatic heterocycles. The molecule has 102 valence electrons. The van der Waals surface area contributed by atoms with Crippen molar-refractivity contribution in [3.63, 3.8) is 0 Å². The van der Waals surface area contributed by atoms with Gasteiger partial charge in [-0.1, -0.05) is 12.1 Å². The molecule has 0 spiro atoms. The molecule has 0 aliphatic carbocycles. The molecular formula is C14H16BrNO2S. The standard InChI is InChI=1S/C14H16BrNO2S/c1-18-12-4-2-10(3-5-12)14(17)8-16-7-13-6-11(15)9-19-13/h2-6,9,14,16-17H,7-8H2,1H3. The van der Waals surface area contributed by atoms with Gasteiger partial charge in [0.2, 0.25) is 0 Å². The monoisotopic (exact) mass is 341 g/mol. The summed E-state index contributed by atoms with van der Waals surface area (Å²) in [6.07, 6.45) is -0.505. The molecule has 2 aromatic rings. The van der Waals surface area contributed by atoms with Crippen molar-refractivity contribution in [3.05, 3.63) is 50.6 Å². The molecule has 0 bridgehead atoms. The summed E-state index contributed by atoms with van der Waals surface area (Å²) in [6.45, 7) is 1.30. The largest absolute Gasteiger partial charge is 0.497 e. The minimum atomic E-state index is -0.505. The number of thiophene rings is 1. The molecule has 0 fully saturated rings. The van der Waals surface area contributed by atoms with Crippen LogP contribution < -0.4 is 10.1 Å². The van der Waals surface area contributed by atoms with E-state index in [9.17, 15) is 5.11 Å². The first kappa shape index (κ1) is 14.5. The Morgan fingerprint density at radius 3 is 2.68 bits per heavy atom. The van der Waals surface area contributed by atoms with Crippen molar-refractivity contribution in [2.45, 2.75) is 12.6 Å². The molecule has 2 N–H and O–H groups in total. The molecule has 1 aromatic carbocycles. The number of hydrogen-bond donors (Lipinski definition) is 2. The number of aliphatic hydroxyl groups excluding tert-OH is 1. The maximum Gasteiger partial charge on any atom is 0.118 e. The lowest BCUT2D eigenvalue weighted by Crippen LogP contribution is -2.20. The molecule has 0 saturated heterocycles. The first-order valence-corrected chi connectivity index (χ1v) is 7.62. The van der Waals surface area contributed by atoms with Crippen LogP contribution >= 0.6 is 27.3 Å². The van der Waals surface area contributed by atoms with Crippen molar-refractivity contribution in [1.29, 1.82) is 0 Å². The Morgan fingerprint density at radius 2 is 2.11 bits per heavy atom. The zero-order chi connectivity index (χ0) is 13.7. The highest BCUT2D eigenvalue weighted by atomic mass is 79.9. The summed E-state index contributed by atoms with van der Waals surface area (Å²) in [5.74, 6) is 0.798. The van der Waals surface area contributed by atoms with Gasteiger partial charge in [-0.2, -0.15) is 0 Å². The molecule has 5 heteroatoms. The maximum atomic E-state index is 10.1. The maximum absolute atomic E-state index is 10.1. The van der Waals surface area contributed by atoms with Crippen molar-refractivity contribution in [1.82, 2.24) is 5.32 Å². The predicted molar refractivity (Wildman–Crippen MR) is 81.7 cm³/mol. The number of nitrogens with one attached hydrogen (secondary N) is 1. The second kappa shape index (κ2) is 7.05. The average molecular weight is 342 g/mol. The number of halogens is 1. The molecule has 0 radical (unpaired) electrons. The van der Waals surface area contributed by atoms with Gasteiger partial charge in [0.05, 0.1) is 13.2 Å². The Hall–Kier alpha value is -0.880. The quantitative estimate of drug-likeness (QED) is 0.846. The second-order valence-electron chi connectivity index (χ2n) is 4.15. The van der Waals surface area contributed by atoms with Crippen molar-refractivity contribution in [2.75, 3.05) is 13.7 Å². The fraction of sp³-hybridized carbons (Fsp3) is 0.286. The van der Waals surface area contributed by atoms with Crippen LogP contribution in [0.15, 0.2) is 40.2 Å². The van der Waals surface area contributed by atoms with Gasteiger partial charge in [-0.15, -0.1) is 11.3 Å². The minimum absolute atomic E-state index is 0.505. The van der Waals surface area contributed by atoms with Gasteiger partial charge >= 0.3 is 0 Å². The summed E-state index contributed by atoms with van der Waals surface area (Å²) in [5, 5.41) is 15.4. The molecule has 2 rings (SSSR count). The minimum Gasteiger partial charge on any atom is -0.497 e. The third kappa shape index (κ3) is 4.31. The smallest absolute Gasteiger partial charge is 0.118 e. The van der Waals surface area contributed by atoms with E-state index >= 15 is 0 Å². The highest BCUT2D eigenvalue weighted by Gasteiger charge is 2.07. The molecule has 0 saturated carbocycles. The highest BCUT2D eigenvalue weighted by Crippen LogP contribution is 2.20. The van der Waals surface area contributed by atoms with E-state index in [2.05, 4.69) is 32.7 Å². The first-order chi connectivity index (χ1) is 9.19. The van der Waals surface area contributed by atoms with Crippen LogP contribution in [0.3, 0.4) is 0 Å². The zero-order valence-electron chi connectivity index (χ0n) is 10.6. The number of benzene rings is 1. The number of methoxy groups -OCH3 is 1. The van der Waals surface area contributed by atoms with Gasteiger partial charge in [-0.05, 0) is 39.7 Å². The van der Waals surface area contributed by atoms with Gasteiger partial charge in [0, 0.05) is 27.8 Å². The summed E-state index contributed by atoms with van der Waals surface area (Å²) in [4.78, 5) is 1.24. The Bertz CT molecular complexity index is 512. The fourth-order valence-electron chi connectivity index (χ4n) is 1.72. The SMILES string of the molecule is COc1ccc(C(O)CNCc2cc(Br)cs2)cc1. The Labute approximate surface area is 125 Å². The van der Waals surface area contributed by atoms with Gasteiger partial charge in [-0.25, -0.2) is 0 Å². The van der Waals surface area contributed by atoms with Crippen LogP contribution in [0.1, 0.15) is 16.5 Å². The van der Waals surface area contributed by atoms with Gasteiger partial charge in [-0.3, -0.25) is 0 Å². The molecule has 1 unspecified atom stereocenters. The van der Waals surface area contributed by atoms with Crippen LogP contribution in [0.4, 0.5) is 0 Å². The summed E-state index contributed by atoms with van der Waals surface area (Å²) in [5.41, 5.74) is 0.890. The van der Waals surface area contributed by atoms with Crippen LogP contribution in [-0.4, -0.2) is 18.8 Å². The summed E-state index contributed by atoms with van der Waals surface area (Å²) >= 11 is 5.12. The lowest BCUT2D eigenvalue weighted by atomic mass is 10.1. The van der Waals surface area contributed by atoms with E-state index in [4.69, 9.17) is 4.74 Å². The predicted octanol–water partition coefficient (Wildman–Crippen LogP) is 3.34. The normalized spacial score (nSPS) is 12.4. The second-order valence-corrected chi connectivity index (χ2v) is 6.06. The van der Waals surface area contributed by atoms with Crippen molar-refractivity contribution >= 4 is 27.3 Å². The molecular weight excluding hydrogens is 326 g/mol. The topological polar surface area (TPSA) is 41.5 Å². The van der Waals surface area contributed by atoms with E-state index in [0.29, 0.717) is 6.54 Å². The summed E-state index contributed by atoms with van der Waals surface area (Å²) < 4.78 is 6.19. The Kier molecular flexibility index (Phi) is 5.39. The Morgan fingerprint density at radius 1 is 1.37 bits per heavy atom. The molecule has 3 nitrogen and oxygen atoms in total. The van der Waals surface area contributed by atoms with E-state index in [1.54, 1.807) is 18.4 Å². The third-order valence-electron chi connectivity index (χ3n) is 2.76. The molecule has 0 aliphatic heterocycles. The van der Waals surface area contributed by atoms with Crippen LogP contribution in [0, 0.1) is 0 Å². The first-order valence-electron chi connectivity index (χ1n) is 5.94. The zero-order valence-corrected chi connectivity index (χ0v) is 13.0. The molecule has 19 heavy (non-hydrogen) atoms. The van der Waals surface area contributed by atoms with E-state index in [1.165, 1.54) is 4.88 Å². The summed E-state index contributed by atoms with van der Waals surface area (Å²) in [7, 11) is 1.63. The van der Waals surface area contributed by atoms with Crippen LogP contribution in [0.2, 0.25) is 0 Å². The van der Waals surface area contributed by atoms with Crippen molar-refractivity contribution in [2.24, 2.45) is 0 Å². The van der Waals surface area contributed by atoms with Crippen LogP contribution in [-0.2, 0) is 6.54 Å². The van der Waals surface area contributed by atoms with Crippen molar-refractivity contribution in [3.8, 4) is 5.75 Å². The Balaban J connectivity index is 1.81. The van der Waals surface area contributed by atoms with Crippen LogP contribution in [0.5, 0.6) is 5.75 Å². The van der Waals surface area contributed by atoms with Gasteiger partial charge < -0.3 is 15.2 Å². The molecule has 0 aliphatic rings. The lowest BCUT2D eigenvalue weighted by Gasteiger charge is -2.12. The molecule has 0 amide bonds. The number of aliphatic hydroxyl groups is 1. The van der Waals surface area contributed by atoms with E-state index in [-0.39, 0.29) is 0 Å². The van der Waals surface area contributed by atoms with Gasteiger partial charge in [0.1, 0.15) is 5.75 Å². The van der Waals surface area contributed by atoms with Crippen molar-refractivity contribution < 1.29 is 9.84 Å². The average Bonchev–Trinajstić information content (AvgIpc) is 2.84. The highest BCUT2D eigenvalue weighted by molar-refractivity contribution is 9.10. The van der Waals surface area contributed by atoms with E-state index in [1.807, 2.05) is 24.3 Å². The van der Waals surface area contributed by atoms with Gasteiger partial charge in [0.25, 0.3) is 0 Å². The lowest BCUT2D eigenvalue weighted by molar-refractivity contribution is 0.174. The van der Waals surface area contributed by atoms with E-state index in [0.717, 1.165) is 22.3 Å². The van der Waals surface area contributed by atoms with Crippen LogP contribution in [0.25, 0.3) is 0 Å². The van der Waals surface area contributed by atoms with Gasteiger partial charge in [0.15, 0.2) is 0 Å².